The monoisotopic (exact) mass is 352 g/mol. The molecule has 2 rings (SSSR count). The van der Waals surface area contributed by atoms with Crippen LogP contribution < -0.4 is 9.46 Å². The Morgan fingerprint density at radius 1 is 1.30 bits per heavy atom. The lowest BCUT2D eigenvalue weighted by Gasteiger charge is -2.32. The lowest BCUT2D eigenvalue weighted by atomic mass is 10.1. The fourth-order valence-electron chi connectivity index (χ4n) is 2.65. The number of ether oxygens (including phenoxy) is 1. The summed E-state index contributed by atoms with van der Waals surface area (Å²) in [4.78, 5) is 2.08. The quantitative estimate of drug-likeness (QED) is 0.882. The zero-order valence-electron chi connectivity index (χ0n) is 12.6. The van der Waals surface area contributed by atoms with E-state index in [2.05, 4.69) is 14.4 Å². The number of nitrogens with zero attached hydrogens (tertiary/aromatic N) is 1. The lowest BCUT2D eigenvalue weighted by molar-refractivity contribution is -0.274. The second-order valence-electron chi connectivity index (χ2n) is 5.66. The van der Waals surface area contributed by atoms with Crippen LogP contribution in [0.3, 0.4) is 0 Å². The number of rotatable bonds is 5. The first-order valence-corrected chi connectivity index (χ1v) is 9.04. The molecule has 1 aliphatic rings. The van der Waals surface area contributed by atoms with E-state index >= 15 is 0 Å². The predicted molar refractivity (Wildman–Crippen MR) is 79.4 cm³/mol. The van der Waals surface area contributed by atoms with E-state index < -0.39 is 16.4 Å². The molecule has 0 radical (unpaired) electrons. The Labute approximate surface area is 133 Å². The van der Waals surface area contributed by atoms with Crippen molar-refractivity contribution < 1.29 is 26.3 Å². The van der Waals surface area contributed by atoms with E-state index in [1.807, 2.05) is 0 Å². The predicted octanol–water partition coefficient (Wildman–Crippen LogP) is 2.10. The molecule has 0 bridgehead atoms. The maximum Gasteiger partial charge on any atom is 0.573 e. The van der Waals surface area contributed by atoms with Crippen molar-refractivity contribution in [1.82, 2.24) is 9.62 Å². The number of likely N-dealkylation sites (tertiary alicyclic amines) is 1. The van der Waals surface area contributed by atoms with Gasteiger partial charge in [-0.25, -0.2) is 13.1 Å². The van der Waals surface area contributed by atoms with Crippen molar-refractivity contribution in [3.63, 3.8) is 0 Å². The van der Waals surface area contributed by atoms with Gasteiger partial charge in [0, 0.05) is 19.1 Å². The van der Waals surface area contributed by atoms with Crippen molar-refractivity contribution in [3.05, 3.63) is 29.8 Å². The SMILES string of the molecule is CS(=O)(=O)NC1CCCN(Cc2ccc(OC(F)(F)F)cc2)C1. The first-order chi connectivity index (χ1) is 10.6. The molecule has 1 heterocycles. The first-order valence-electron chi connectivity index (χ1n) is 7.15. The molecule has 0 saturated carbocycles. The number of piperidine rings is 1. The number of hydrogen-bond donors (Lipinski definition) is 1. The van der Waals surface area contributed by atoms with Crippen molar-refractivity contribution in [2.24, 2.45) is 0 Å². The normalized spacial score (nSPS) is 20.4. The number of benzene rings is 1. The minimum Gasteiger partial charge on any atom is -0.406 e. The van der Waals surface area contributed by atoms with Crippen molar-refractivity contribution in [3.8, 4) is 5.75 Å². The highest BCUT2D eigenvalue weighted by Crippen LogP contribution is 2.23. The van der Waals surface area contributed by atoms with E-state index in [1.54, 1.807) is 12.1 Å². The molecule has 1 unspecified atom stereocenters. The van der Waals surface area contributed by atoms with Crippen LogP contribution in [0.4, 0.5) is 13.2 Å². The van der Waals surface area contributed by atoms with Crippen LogP contribution in [0.25, 0.3) is 0 Å². The molecule has 1 saturated heterocycles. The summed E-state index contributed by atoms with van der Waals surface area (Å²) >= 11 is 0. The summed E-state index contributed by atoms with van der Waals surface area (Å²) in [5, 5.41) is 0. The average molecular weight is 352 g/mol. The number of alkyl halides is 3. The van der Waals surface area contributed by atoms with Gasteiger partial charge >= 0.3 is 6.36 Å². The fraction of sp³-hybridized carbons (Fsp3) is 0.571. The maximum absolute atomic E-state index is 12.1. The van der Waals surface area contributed by atoms with Gasteiger partial charge in [0.05, 0.1) is 6.26 Å². The Balaban J connectivity index is 1.91. The highest BCUT2D eigenvalue weighted by atomic mass is 32.2. The topological polar surface area (TPSA) is 58.6 Å². The molecule has 1 atom stereocenters. The van der Waals surface area contributed by atoms with Gasteiger partial charge in [0.2, 0.25) is 10.0 Å². The van der Waals surface area contributed by atoms with E-state index in [0.717, 1.165) is 31.2 Å². The Morgan fingerprint density at radius 2 is 1.96 bits per heavy atom. The third-order valence-corrected chi connectivity index (χ3v) is 4.21. The average Bonchev–Trinajstić information content (AvgIpc) is 2.38. The summed E-state index contributed by atoms with van der Waals surface area (Å²) in [7, 11) is -3.24. The summed E-state index contributed by atoms with van der Waals surface area (Å²) in [6.07, 6.45) is -1.92. The number of sulfonamides is 1. The zero-order valence-corrected chi connectivity index (χ0v) is 13.5. The second-order valence-corrected chi connectivity index (χ2v) is 7.44. The third-order valence-electron chi connectivity index (χ3n) is 3.45. The van der Waals surface area contributed by atoms with Gasteiger partial charge in [-0.1, -0.05) is 12.1 Å². The van der Waals surface area contributed by atoms with E-state index in [9.17, 15) is 21.6 Å². The van der Waals surface area contributed by atoms with Crippen LogP contribution in [0.2, 0.25) is 0 Å². The van der Waals surface area contributed by atoms with Gasteiger partial charge < -0.3 is 4.74 Å². The molecule has 1 aromatic rings. The minimum atomic E-state index is -4.70. The van der Waals surface area contributed by atoms with Gasteiger partial charge in [-0.15, -0.1) is 13.2 Å². The van der Waals surface area contributed by atoms with Gasteiger partial charge in [-0.3, -0.25) is 4.90 Å². The second kappa shape index (κ2) is 7.06. The van der Waals surface area contributed by atoms with E-state index in [1.165, 1.54) is 12.1 Å². The molecule has 23 heavy (non-hydrogen) atoms. The number of hydrogen-bond acceptors (Lipinski definition) is 4. The van der Waals surface area contributed by atoms with Gasteiger partial charge in [0.15, 0.2) is 0 Å². The molecular weight excluding hydrogens is 333 g/mol. The highest BCUT2D eigenvalue weighted by molar-refractivity contribution is 7.88. The summed E-state index contributed by atoms with van der Waals surface area (Å²) in [5.74, 6) is -0.253. The summed E-state index contributed by atoms with van der Waals surface area (Å²) in [6, 6.07) is 5.58. The molecule has 0 aromatic heterocycles. The van der Waals surface area contributed by atoms with Crippen LogP contribution in [0, 0.1) is 0 Å². The first kappa shape index (κ1) is 18.0. The van der Waals surface area contributed by atoms with Gasteiger partial charge in [-0.05, 0) is 37.1 Å². The number of halogens is 3. The van der Waals surface area contributed by atoms with Crippen molar-refractivity contribution in [1.29, 1.82) is 0 Å². The van der Waals surface area contributed by atoms with E-state index in [0.29, 0.717) is 13.1 Å². The lowest BCUT2D eigenvalue weighted by Crippen LogP contribution is -2.46. The van der Waals surface area contributed by atoms with Crippen LogP contribution in [0.15, 0.2) is 24.3 Å². The standard InChI is InChI=1S/C14H19F3N2O3S/c1-23(20,21)18-12-3-2-8-19(10-12)9-11-4-6-13(7-5-11)22-14(15,16)17/h4-7,12,18H,2-3,8-10H2,1H3. The fourth-order valence-corrected chi connectivity index (χ4v) is 3.45. The molecule has 0 aliphatic carbocycles. The van der Waals surface area contributed by atoms with Gasteiger partial charge in [0.25, 0.3) is 0 Å². The molecule has 1 aliphatic heterocycles. The van der Waals surface area contributed by atoms with Crippen LogP contribution in [-0.4, -0.2) is 45.1 Å². The summed E-state index contributed by atoms with van der Waals surface area (Å²) < 4.78 is 65.3. The number of nitrogens with one attached hydrogen (secondary N) is 1. The molecular formula is C14H19F3N2O3S. The summed E-state index contributed by atoms with van der Waals surface area (Å²) in [6.45, 7) is 1.95. The Kier molecular flexibility index (Phi) is 5.53. The Morgan fingerprint density at radius 3 is 2.52 bits per heavy atom. The van der Waals surface area contributed by atoms with Crippen molar-refractivity contribution >= 4 is 10.0 Å². The molecule has 1 N–H and O–H groups in total. The molecule has 9 heteroatoms. The highest BCUT2D eigenvalue weighted by Gasteiger charge is 2.31. The van der Waals surface area contributed by atoms with Crippen molar-refractivity contribution in [2.45, 2.75) is 31.8 Å². The largest absolute Gasteiger partial charge is 0.573 e. The smallest absolute Gasteiger partial charge is 0.406 e. The van der Waals surface area contributed by atoms with Crippen molar-refractivity contribution in [2.75, 3.05) is 19.3 Å². The molecule has 0 amide bonds. The molecule has 0 spiro atoms. The third kappa shape index (κ3) is 6.76. The Bertz CT molecular complexity index is 617. The van der Waals surface area contributed by atoms with E-state index in [4.69, 9.17) is 0 Å². The Hall–Kier alpha value is -1.32. The maximum atomic E-state index is 12.1. The van der Waals surface area contributed by atoms with Crippen LogP contribution in [0.5, 0.6) is 5.75 Å². The van der Waals surface area contributed by atoms with Crippen LogP contribution >= 0.6 is 0 Å². The van der Waals surface area contributed by atoms with Gasteiger partial charge in [0.1, 0.15) is 5.75 Å². The molecule has 130 valence electrons. The minimum absolute atomic E-state index is 0.133. The van der Waals surface area contributed by atoms with Crippen LogP contribution in [-0.2, 0) is 16.6 Å². The van der Waals surface area contributed by atoms with E-state index in [-0.39, 0.29) is 11.8 Å². The molecule has 1 fully saturated rings. The van der Waals surface area contributed by atoms with Crippen LogP contribution in [0.1, 0.15) is 18.4 Å². The summed E-state index contributed by atoms with van der Waals surface area (Å²) in [5.41, 5.74) is 0.847. The zero-order chi connectivity index (χ0) is 17.1. The molecule has 5 nitrogen and oxygen atoms in total. The molecule has 1 aromatic carbocycles. The van der Waals surface area contributed by atoms with Gasteiger partial charge in [-0.2, -0.15) is 0 Å².